The van der Waals surface area contributed by atoms with Gasteiger partial charge in [0.15, 0.2) is 0 Å². The molecule has 20 heavy (non-hydrogen) atoms. The molecule has 0 aromatic carbocycles. The largest absolute Gasteiger partial charge is 0.338 e. The van der Waals surface area contributed by atoms with Crippen molar-refractivity contribution in [2.75, 3.05) is 13.1 Å². The first kappa shape index (κ1) is 13.8. The number of nitrogens with zero attached hydrogens (tertiary/aromatic N) is 2. The lowest BCUT2D eigenvalue weighted by molar-refractivity contribution is 0.0701. The second-order valence-electron chi connectivity index (χ2n) is 5.39. The van der Waals surface area contributed by atoms with Gasteiger partial charge in [0.1, 0.15) is 9.88 Å². The van der Waals surface area contributed by atoms with E-state index in [0.717, 1.165) is 52.3 Å². The van der Waals surface area contributed by atoms with Crippen molar-refractivity contribution in [3.8, 4) is 9.88 Å². The van der Waals surface area contributed by atoms with Crippen LogP contribution in [0.3, 0.4) is 0 Å². The number of aromatic nitrogens is 1. The van der Waals surface area contributed by atoms with Crippen molar-refractivity contribution < 1.29 is 4.79 Å². The van der Waals surface area contributed by atoms with Crippen LogP contribution in [0.1, 0.15) is 35.1 Å². The maximum atomic E-state index is 12.6. The number of carbonyl (C=O) groups is 1. The average Bonchev–Trinajstić information content (AvgIpc) is 3.08. The molecular weight excluding hydrogens is 288 g/mol. The van der Waals surface area contributed by atoms with Crippen LogP contribution in [-0.4, -0.2) is 28.9 Å². The van der Waals surface area contributed by atoms with Crippen molar-refractivity contribution >= 4 is 28.6 Å². The smallest absolute Gasteiger partial charge is 0.265 e. The maximum Gasteiger partial charge on any atom is 0.265 e. The predicted octanol–water partition coefficient (Wildman–Crippen LogP) is 4.05. The highest BCUT2D eigenvalue weighted by Gasteiger charge is 2.25. The maximum absolute atomic E-state index is 12.6. The molecule has 2 aromatic heterocycles. The lowest BCUT2D eigenvalue weighted by Crippen LogP contribution is -2.37. The van der Waals surface area contributed by atoms with Crippen LogP contribution >= 0.6 is 22.7 Å². The summed E-state index contributed by atoms with van der Waals surface area (Å²) in [5, 5.41) is 3.01. The van der Waals surface area contributed by atoms with E-state index in [-0.39, 0.29) is 5.91 Å². The Labute approximate surface area is 127 Å². The first-order valence-electron chi connectivity index (χ1n) is 6.95. The summed E-state index contributed by atoms with van der Waals surface area (Å²) in [7, 11) is 0. The van der Waals surface area contributed by atoms with Crippen molar-refractivity contribution in [1.82, 2.24) is 9.88 Å². The second kappa shape index (κ2) is 5.66. The van der Waals surface area contributed by atoms with Crippen molar-refractivity contribution in [2.45, 2.75) is 26.7 Å². The summed E-state index contributed by atoms with van der Waals surface area (Å²) >= 11 is 3.20. The number of piperidine rings is 1. The van der Waals surface area contributed by atoms with Crippen LogP contribution in [0.2, 0.25) is 0 Å². The molecule has 0 N–H and O–H groups in total. The molecule has 1 aliphatic rings. The van der Waals surface area contributed by atoms with Gasteiger partial charge in [-0.2, -0.15) is 0 Å². The van der Waals surface area contributed by atoms with E-state index in [1.807, 2.05) is 23.3 Å². The van der Waals surface area contributed by atoms with E-state index in [1.165, 1.54) is 11.3 Å². The number of hydrogen-bond donors (Lipinski definition) is 0. The van der Waals surface area contributed by atoms with Crippen LogP contribution in [0.4, 0.5) is 0 Å². The van der Waals surface area contributed by atoms with Crippen molar-refractivity contribution in [3.63, 3.8) is 0 Å². The summed E-state index contributed by atoms with van der Waals surface area (Å²) in [6.45, 7) is 5.96. The van der Waals surface area contributed by atoms with Crippen LogP contribution < -0.4 is 0 Å². The van der Waals surface area contributed by atoms with Crippen LogP contribution in [0.15, 0.2) is 17.5 Å². The fraction of sp³-hybridized carbons (Fsp3) is 0.467. The zero-order chi connectivity index (χ0) is 14.1. The van der Waals surface area contributed by atoms with E-state index in [2.05, 4.69) is 18.0 Å². The van der Waals surface area contributed by atoms with Crippen LogP contribution in [0.25, 0.3) is 9.88 Å². The van der Waals surface area contributed by atoms with Crippen molar-refractivity contribution in [3.05, 3.63) is 28.1 Å². The molecule has 5 heteroatoms. The molecule has 1 amide bonds. The fourth-order valence-electron chi connectivity index (χ4n) is 2.46. The highest BCUT2D eigenvalue weighted by atomic mass is 32.1. The third kappa shape index (κ3) is 2.65. The van der Waals surface area contributed by atoms with Crippen LogP contribution in [-0.2, 0) is 0 Å². The monoisotopic (exact) mass is 306 g/mol. The number of amides is 1. The summed E-state index contributed by atoms with van der Waals surface area (Å²) in [5.74, 6) is 0.901. The lowest BCUT2D eigenvalue weighted by Gasteiger charge is -2.30. The van der Waals surface area contributed by atoms with E-state index in [0.29, 0.717) is 0 Å². The quantitative estimate of drug-likeness (QED) is 0.838. The minimum atomic E-state index is 0.162. The molecular formula is C15H18N2OS2. The summed E-state index contributed by atoms with van der Waals surface area (Å²) < 4.78 is 0. The first-order valence-corrected chi connectivity index (χ1v) is 8.65. The number of thiazole rings is 1. The lowest BCUT2D eigenvalue weighted by atomic mass is 9.99. The molecule has 0 saturated carbocycles. The summed E-state index contributed by atoms with van der Waals surface area (Å²) in [5.41, 5.74) is 0.863. The Hall–Kier alpha value is -1.20. The molecule has 3 rings (SSSR count). The van der Waals surface area contributed by atoms with E-state index >= 15 is 0 Å². The average molecular weight is 306 g/mol. The van der Waals surface area contributed by atoms with Gasteiger partial charge >= 0.3 is 0 Å². The highest BCUT2D eigenvalue weighted by Crippen LogP contribution is 2.32. The number of carbonyl (C=O) groups excluding carboxylic acids is 1. The molecule has 3 nitrogen and oxygen atoms in total. The van der Waals surface area contributed by atoms with Gasteiger partial charge in [-0.1, -0.05) is 13.0 Å². The van der Waals surface area contributed by atoms with Gasteiger partial charge in [-0.25, -0.2) is 4.98 Å². The number of aryl methyl sites for hydroxylation is 1. The minimum Gasteiger partial charge on any atom is -0.338 e. The number of hydrogen-bond acceptors (Lipinski definition) is 4. The third-order valence-corrected chi connectivity index (χ3v) is 5.98. The minimum absolute atomic E-state index is 0.162. The van der Waals surface area contributed by atoms with Crippen LogP contribution in [0.5, 0.6) is 0 Å². The second-order valence-corrected chi connectivity index (χ2v) is 7.33. The van der Waals surface area contributed by atoms with Gasteiger partial charge in [-0.05, 0) is 37.1 Å². The molecule has 0 unspecified atom stereocenters. The first-order chi connectivity index (χ1) is 9.65. The van der Waals surface area contributed by atoms with Gasteiger partial charge in [0.25, 0.3) is 5.91 Å². The highest BCUT2D eigenvalue weighted by molar-refractivity contribution is 7.22. The molecule has 0 aliphatic carbocycles. The van der Waals surface area contributed by atoms with Crippen molar-refractivity contribution in [1.29, 1.82) is 0 Å². The van der Waals surface area contributed by atoms with E-state index in [1.54, 1.807) is 11.3 Å². The Morgan fingerprint density at radius 2 is 2.15 bits per heavy atom. The zero-order valence-electron chi connectivity index (χ0n) is 11.8. The summed E-state index contributed by atoms with van der Waals surface area (Å²) in [4.78, 5) is 21.1. The van der Waals surface area contributed by atoms with E-state index in [9.17, 15) is 4.79 Å². The molecule has 2 aromatic rings. The fourth-order valence-corrected chi connectivity index (χ4v) is 4.29. The van der Waals surface area contributed by atoms with Gasteiger partial charge < -0.3 is 4.90 Å². The molecule has 0 bridgehead atoms. The van der Waals surface area contributed by atoms with E-state index in [4.69, 9.17) is 0 Å². The topological polar surface area (TPSA) is 33.2 Å². The molecule has 106 valence electrons. The van der Waals surface area contributed by atoms with Gasteiger partial charge in [0, 0.05) is 13.1 Å². The standard InChI is InChI=1S/C15H18N2OS2/c1-10-5-7-17(8-6-10)15(18)13-11(2)16-14(20-13)12-4-3-9-19-12/h3-4,9-10H,5-8H2,1-2H3. The molecule has 1 aliphatic heterocycles. The van der Waals surface area contributed by atoms with Crippen LogP contribution in [0, 0.1) is 12.8 Å². The molecule has 1 saturated heterocycles. The van der Waals surface area contributed by atoms with Gasteiger partial charge in [-0.3, -0.25) is 4.79 Å². The Morgan fingerprint density at radius 1 is 1.40 bits per heavy atom. The molecule has 0 atom stereocenters. The van der Waals surface area contributed by atoms with Gasteiger partial charge in [-0.15, -0.1) is 22.7 Å². The Morgan fingerprint density at radius 3 is 2.80 bits per heavy atom. The zero-order valence-corrected chi connectivity index (χ0v) is 13.4. The molecule has 0 spiro atoms. The number of likely N-dealkylation sites (tertiary alicyclic amines) is 1. The summed E-state index contributed by atoms with van der Waals surface area (Å²) in [6, 6.07) is 4.07. The molecule has 1 fully saturated rings. The SMILES string of the molecule is Cc1nc(-c2cccs2)sc1C(=O)N1CCC(C)CC1. The predicted molar refractivity (Wildman–Crippen MR) is 84.5 cm³/mol. The molecule has 0 radical (unpaired) electrons. The Kier molecular flexibility index (Phi) is 3.89. The Balaban J connectivity index is 1.81. The normalized spacial score (nSPS) is 16.6. The van der Waals surface area contributed by atoms with E-state index < -0.39 is 0 Å². The molecule has 3 heterocycles. The van der Waals surface area contributed by atoms with Gasteiger partial charge in [0.05, 0.1) is 10.6 Å². The number of rotatable bonds is 2. The summed E-state index contributed by atoms with van der Waals surface area (Å²) in [6.07, 6.45) is 2.22. The van der Waals surface area contributed by atoms with Gasteiger partial charge in [0.2, 0.25) is 0 Å². The third-order valence-electron chi connectivity index (χ3n) is 3.79. The number of thiophene rings is 1. The Bertz CT molecular complexity index is 595. The van der Waals surface area contributed by atoms with Crippen molar-refractivity contribution in [2.24, 2.45) is 5.92 Å².